The topological polar surface area (TPSA) is 65.4 Å². The third-order valence-corrected chi connectivity index (χ3v) is 5.94. The number of nitrogens with zero attached hydrogens (tertiary/aromatic N) is 2. The number of hydrogen-bond acceptors (Lipinski definition) is 5. The molecule has 0 atom stereocenters. The molecule has 3 aromatic carbocycles. The molecule has 148 valence electrons. The highest BCUT2D eigenvalue weighted by atomic mass is 32.2. The number of amides is 1. The fourth-order valence-corrected chi connectivity index (χ4v) is 4.50. The van der Waals surface area contributed by atoms with Crippen LogP contribution in [0.3, 0.4) is 0 Å². The number of carbonyl (C=O) groups excluding carboxylic acids is 1. The Bertz CT molecular complexity index is 1200. The van der Waals surface area contributed by atoms with Gasteiger partial charge in [-0.2, -0.15) is 5.26 Å². The van der Waals surface area contributed by atoms with Gasteiger partial charge in [-0.3, -0.25) is 4.79 Å². The highest BCUT2D eigenvalue weighted by Crippen LogP contribution is 2.47. The molecule has 1 aliphatic rings. The highest BCUT2D eigenvalue weighted by molar-refractivity contribution is 7.99. The minimum Gasteiger partial charge on any atom is -0.495 e. The number of hydrogen-bond donors (Lipinski definition) is 1. The van der Waals surface area contributed by atoms with Gasteiger partial charge in [0, 0.05) is 16.8 Å². The van der Waals surface area contributed by atoms with Gasteiger partial charge in [0.15, 0.2) is 0 Å². The second kappa shape index (κ2) is 8.36. The second-order valence-electron chi connectivity index (χ2n) is 6.68. The van der Waals surface area contributed by atoms with Crippen molar-refractivity contribution in [2.45, 2.75) is 9.79 Å². The van der Waals surface area contributed by atoms with Crippen molar-refractivity contribution in [2.24, 2.45) is 0 Å². The summed E-state index contributed by atoms with van der Waals surface area (Å²) >= 11 is 1.68. The Balaban J connectivity index is 1.61. The lowest BCUT2D eigenvalue weighted by Gasteiger charge is -2.29. The monoisotopic (exact) mass is 413 g/mol. The van der Waals surface area contributed by atoms with E-state index in [0.717, 1.165) is 21.8 Å². The van der Waals surface area contributed by atoms with Crippen molar-refractivity contribution in [3.63, 3.8) is 0 Å². The maximum Gasteiger partial charge on any atom is 0.266 e. The third-order valence-electron chi connectivity index (χ3n) is 4.82. The lowest BCUT2D eigenvalue weighted by atomic mass is 10.1. The summed E-state index contributed by atoms with van der Waals surface area (Å²) in [6.07, 6.45) is 1.60. The van der Waals surface area contributed by atoms with Crippen molar-refractivity contribution in [2.75, 3.05) is 24.4 Å². The molecule has 3 aromatic rings. The Kier molecular flexibility index (Phi) is 5.46. The van der Waals surface area contributed by atoms with Gasteiger partial charge >= 0.3 is 0 Å². The fraction of sp³-hybridized carbons (Fsp3) is 0.0833. The fourth-order valence-electron chi connectivity index (χ4n) is 3.30. The maximum absolute atomic E-state index is 12.6. The summed E-state index contributed by atoms with van der Waals surface area (Å²) in [4.78, 5) is 17.0. The molecule has 1 heterocycles. The molecule has 6 heteroatoms. The van der Waals surface area contributed by atoms with E-state index in [1.54, 1.807) is 36.0 Å². The van der Waals surface area contributed by atoms with Crippen LogP contribution >= 0.6 is 11.8 Å². The van der Waals surface area contributed by atoms with Crippen LogP contribution in [0.4, 0.5) is 17.1 Å². The van der Waals surface area contributed by atoms with Crippen LogP contribution in [-0.4, -0.2) is 20.1 Å². The van der Waals surface area contributed by atoms with Gasteiger partial charge in [-0.05, 0) is 48.0 Å². The SMILES string of the molecule is COc1ccccc1NC(=O)/C(C#N)=C\c1ccc2c(c1)Sc1ccccc1N2C. The van der Waals surface area contributed by atoms with E-state index in [4.69, 9.17) is 4.74 Å². The second-order valence-corrected chi connectivity index (χ2v) is 7.76. The lowest BCUT2D eigenvalue weighted by Crippen LogP contribution is -2.15. The molecule has 0 bridgehead atoms. The van der Waals surface area contributed by atoms with Crippen molar-refractivity contribution in [1.29, 1.82) is 5.26 Å². The van der Waals surface area contributed by atoms with Crippen LogP contribution in [0.2, 0.25) is 0 Å². The molecule has 4 rings (SSSR count). The molecule has 30 heavy (non-hydrogen) atoms. The van der Waals surface area contributed by atoms with Gasteiger partial charge in [0.05, 0.1) is 24.2 Å². The third kappa shape index (κ3) is 3.76. The van der Waals surface area contributed by atoms with Gasteiger partial charge < -0.3 is 15.0 Å². The van der Waals surface area contributed by atoms with Crippen molar-refractivity contribution in [1.82, 2.24) is 0 Å². The Labute approximate surface area is 179 Å². The smallest absolute Gasteiger partial charge is 0.266 e. The first kappa shape index (κ1) is 19.6. The average Bonchev–Trinajstić information content (AvgIpc) is 2.77. The summed E-state index contributed by atoms with van der Waals surface area (Å²) in [7, 11) is 3.57. The molecule has 0 unspecified atom stereocenters. The normalized spacial score (nSPS) is 12.4. The van der Waals surface area contributed by atoms with E-state index in [2.05, 4.69) is 22.3 Å². The summed E-state index contributed by atoms with van der Waals surface area (Å²) in [5, 5.41) is 12.3. The van der Waals surface area contributed by atoms with Crippen LogP contribution in [0.5, 0.6) is 5.75 Å². The molecular formula is C24H19N3O2S. The van der Waals surface area contributed by atoms with Crippen LogP contribution in [0.15, 0.2) is 82.1 Å². The molecular weight excluding hydrogens is 394 g/mol. The molecule has 5 nitrogen and oxygen atoms in total. The summed E-state index contributed by atoms with van der Waals surface area (Å²) in [6, 6.07) is 23.2. The number of nitriles is 1. The molecule has 1 aliphatic heterocycles. The number of nitrogens with one attached hydrogen (secondary N) is 1. The minimum absolute atomic E-state index is 0.0235. The van der Waals surface area contributed by atoms with Gasteiger partial charge in [0.25, 0.3) is 5.91 Å². The molecule has 1 N–H and O–H groups in total. The number of fused-ring (bicyclic) bond motifs is 2. The molecule has 0 radical (unpaired) electrons. The summed E-state index contributed by atoms with van der Waals surface area (Å²) in [5.41, 5.74) is 3.58. The zero-order valence-electron chi connectivity index (χ0n) is 16.5. The first-order valence-corrected chi connectivity index (χ1v) is 10.1. The first-order chi connectivity index (χ1) is 14.6. The Hall–Kier alpha value is -3.69. The molecule has 0 spiro atoms. The van der Waals surface area contributed by atoms with Crippen LogP contribution in [0.25, 0.3) is 6.08 Å². The zero-order chi connectivity index (χ0) is 21.1. The van der Waals surface area contributed by atoms with Crippen LogP contribution in [0, 0.1) is 11.3 Å². The highest BCUT2D eigenvalue weighted by Gasteiger charge is 2.20. The van der Waals surface area contributed by atoms with Crippen LogP contribution in [0.1, 0.15) is 5.56 Å². The molecule has 0 saturated carbocycles. The van der Waals surface area contributed by atoms with E-state index in [1.807, 2.05) is 49.5 Å². The lowest BCUT2D eigenvalue weighted by molar-refractivity contribution is -0.112. The molecule has 1 amide bonds. The molecule has 0 fully saturated rings. The average molecular weight is 414 g/mol. The van der Waals surface area contributed by atoms with Gasteiger partial charge in [0.2, 0.25) is 0 Å². The zero-order valence-corrected chi connectivity index (χ0v) is 17.4. The Morgan fingerprint density at radius 3 is 2.60 bits per heavy atom. The quantitative estimate of drug-likeness (QED) is 0.454. The molecule has 0 aromatic heterocycles. The van der Waals surface area contributed by atoms with Crippen molar-refractivity contribution < 1.29 is 9.53 Å². The minimum atomic E-state index is -0.477. The van der Waals surface area contributed by atoms with Crippen molar-refractivity contribution in [3.05, 3.63) is 77.9 Å². The van der Waals surface area contributed by atoms with Crippen molar-refractivity contribution in [3.8, 4) is 11.8 Å². The summed E-state index contributed by atoms with van der Waals surface area (Å²) in [6.45, 7) is 0. The number of benzene rings is 3. The largest absolute Gasteiger partial charge is 0.495 e. The summed E-state index contributed by atoms with van der Waals surface area (Å²) in [5.74, 6) is 0.0601. The van der Waals surface area contributed by atoms with E-state index >= 15 is 0 Å². The number of methoxy groups -OCH3 is 1. The maximum atomic E-state index is 12.6. The number of rotatable bonds is 4. The predicted molar refractivity (Wildman–Crippen MR) is 120 cm³/mol. The van der Waals surface area contributed by atoms with Gasteiger partial charge in [-0.1, -0.05) is 42.1 Å². The van der Waals surface area contributed by atoms with E-state index in [-0.39, 0.29) is 5.57 Å². The van der Waals surface area contributed by atoms with E-state index in [1.165, 1.54) is 12.0 Å². The number of anilines is 3. The molecule has 0 saturated heterocycles. The molecule has 0 aliphatic carbocycles. The number of para-hydroxylation sites is 3. The first-order valence-electron chi connectivity index (χ1n) is 9.31. The van der Waals surface area contributed by atoms with Crippen LogP contribution in [-0.2, 0) is 4.79 Å². The van der Waals surface area contributed by atoms with E-state index in [9.17, 15) is 10.1 Å². The van der Waals surface area contributed by atoms with Gasteiger partial charge in [-0.25, -0.2) is 0 Å². The van der Waals surface area contributed by atoms with Gasteiger partial charge in [-0.15, -0.1) is 0 Å². The number of ether oxygens (including phenoxy) is 1. The van der Waals surface area contributed by atoms with E-state index < -0.39 is 5.91 Å². The van der Waals surface area contributed by atoms with Crippen molar-refractivity contribution >= 4 is 40.8 Å². The van der Waals surface area contributed by atoms with Crippen LogP contribution < -0.4 is 15.0 Å². The van der Waals surface area contributed by atoms with E-state index in [0.29, 0.717) is 11.4 Å². The number of carbonyl (C=O) groups is 1. The Morgan fingerprint density at radius 1 is 1.07 bits per heavy atom. The standard InChI is InChI=1S/C24H19N3O2S/c1-27-19-8-4-6-10-22(19)30-23-14-16(11-12-20(23)27)13-17(15-25)24(28)26-18-7-3-5-9-21(18)29-2/h3-14H,1-2H3,(H,26,28)/b17-13-. The summed E-state index contributed by atoms with van der Waals surface area (Å²) < 4.78 is 5.25. The Morgan fingerprint density at radius 2 is 1.80 bits per heavy atom. The predicted octanol–water partition coefficient (Wildman–Crippen LogP) is 5.47. The van der Waals surface area contributed by atoms with Gasteiger partial charge in [0.1, 0.15) is 17.4 Å².